The number of imide groups is 1. The fourth-order valence-electron chi connectivity index (χ4n) is 3.73. The summed E-state index contributed by atoms with van der Waals surface area (Å²) >= 11 is 5.80. The topological polar surface area (TPSA) is 87.7 Å². The molecule has 1 saturated carbocycles. The standard InChI is InChI=1S/C19H24ClN3O4/c1-13-4-2-3-9-19(13)17(25)23(18(26)22-19)12-16(24)21-10-11-27-15-7-5-14(20)6-8-15/h5-8,13H,2-4,9-12H2,1H3,(H,21,24)(H,22,26)/t13-,19-/m1/s1. The lowest BCUT2D eigenvalue weighted by Crippen LogP contribution is -2.54. The zero-order valence-corrected chi connectivity index (χ0v) is 16.1. The van der Waals surface area contributed by atoms with Crippen LogP contribution in [-0.2, 0) is 9.59 Å². The highest BCUT2D eigenvalue weighted by atomic mass is 35.5. The Morgan fingerprint density at radius 2 is 2.07 bits per heavy atom. The average molecular weight is 394 g/mol. The van der Waals surface area contributed by atoms with Crippen molar-refractivity contribution in [3.8, 4) is 5.75 Å². The van der Waals surface area contributed by atoms with Crippen molar-refractivity contribution in [2.75, 3.05) is 19.7 Å². The molecule has 1 spiro atoms. The van der Waals surface area contributed by atoms with Crippen LogP contribution in [0.4, 0.5) is 4.79 Å². The molecule has 27 heavy (non-hydrogen) atoms. The third-order valence-electron chi connectivity index (χ3n) is 5.31. The average Bonchev–Trinajstić information content (AvgIpc) is 2.88. The summed E-state index contributed by atoms with van der Waals surface area (Å²) in [7, 11) is 0. The quantitative estimate of drug-likeness (QED) is 0.573. The highest BCUT2D eigenvalue weighted by Crippen LogP contribution is 2.38. The molecule has 0 bridgehead atoms. The Morgan fingerprint density at radius 3 is 2.78 bits per heavy atom. The van der Waals surface area contributed by atoms with Crippen LogP contribution in [0.2, 0.25) is 5.02 Å². The number of rotatable bonds is 6. The van der Waals surface area contributed by atoms with E-state index in [-0.39, 0.29) is 31.5 Å². The number of halogens is 1. The van der Waals surface area contributed by atoms with Crippen LogP contribution in [0.15, 0.2) is 24.3 Å². The summed E-state index contributed by atoms with van der Waals surface area (Å²) in [4.78, 5) is 38.2. The van der Waals surface area contributed by atoms with Crippen LogP contribution in [0.25, 0.3) is 0 Å². The Balaban J connectivity index is 1.47. The van der Waals surface area contributed by atoms with Gasteiger partial charge < -0.3 is 15.4 Å². The molecule has 2 atom stereocenters. The Bertz CT molecular complexity index is 724. The number of carbonyl (C=O) groups excluding carboxylic acids is 3. The van der Waals surface area contributed by atoms with E-state index in [0.29, 0.717) is 17.2 Å². The van der Waals surface area contributed by atoms with Gasteiger partial charge in [0, 0.05) is 5.02 Å². The molecule has 8 heteroatoms. The van der Waals surface area contributed by atoms with Gasteiger partial charge in [-0.15, -0.1) is 0 Å². The van der Waals surface area contributed by atoms with Crippen molar-refractivity contribution in [3.63, 3.8) is 0 Å². The van der Waals surface area contributed by atoms with Crippen LogP contribution in [-0.4, -0.2) is 48.0 Å². The van der Waals surface area contributed by atoms with E-state index in [2.05, 4.69) is 10.6 Å². The molecule has 1 aliphatic heterocycles. The number of amides is 4. The van der Waals surface area contributed by atoms with Gasteiger partial charge in [-0.3, -0.25) is 14.5 Å². The maximum atomic E-state index is 12.8. The van der Waals surface area contributed by atoms with Crippen molar-refractivity contribution in [1.82, 2.24) is 15.5 Å². The SMILES string of the molecule is C[C@@H]1CCCC[C@@]12NC(=O)N(CC(=O)NCCOc1ccc(Cl)cc1)C2=O. The van der Waals surface area contributed by atoms with E-state index in [4.69, 9.17) is 16.3 Å². The van der Waals surface area contributed by atoms with Gasteiger partial charge in [0.15, 0.2) is 0 Å². The maximum absolute atomic E-state index is 12.8. The molecule has 0 unspecified atom stereocenters. The van der Waals surface area contributed by atoms with E-state index in [1.807, 2.05) is 6.92 Å². The molecule has 3 rings (SSSR count). The van der Waals surface area contributed by atoms with Gasteiger partial charge in [0.2, 0.25) is 5.91 Å². The lowest BCUT2D eigenvalue weighted by Gasteiger charge is -2.36. The van der Waals surface area contributed by atoms with E-state index in [1.54, 1.807) is 24.3 Å². The van der Waals surface area contributed by atoms with Gasteiger partial charge in [-0.05, 0) is 43.0 Å². The first-order valence-corrected chi connectivity index (χ1v) is 9.59. The summed E-state index contributed by atoms with van der Waals surface area (Å²) in [5.41, 5.74) is -0.840. The summed E-state index contributed by atoms with van der Waals surface area (Å²) in [6, 6.07) is 6.43. The molecule has 1 aliphatic carbocycles. The molecule has 2 aliphatic rings. The lowest BCUT2D eigenvalue weighted by atomic mass is 9.73. The Labute approximate surface area is 163 Å². The van der Waals surface area contributed by atoms with Gasteiger partial charge >= 0.3 is 6.03 Å². The minimum absolute atomic E-state index is 0.0727. The molecular formula is C19H24ClN3O4. The number of nitrogens with zero attached hydrogens (tertiary/aromatic N) is 1. The van der Waals surface area contributed by atoms with Crippen molar-refractivity contribution in [3.05, 3.63) is 29.3 Å². The fraction of sp³-hybridized carbons (Fsp3) is 0.526. The Hall–Kier alpha value is -2.28. The van der Waals surface area contributed by atoms with E-state index in [1.165, 1.54) is 0 Å². The highest BCUT2D eigenvalue weighted by Gasteiger charge is 2.55. The van der Waals surface area contributed by atoms with Crippen molar-refractivity contribution in [1.29, 1.82) is 0 Å². The Kier molecular flexibility index (Phi) is 5.89. The molecule has 1 saturated heterocycles. The van der Waals surface area contributed by atoms with Crippen LogP contribution < -0.4 is 15.4 Å². The summed E-state index contributed by atoms with van der Waals surface area (Å²) < 4.78 is 5.49. The van der Waals surface area contributed by atoms with E-state index in [0.717, 1.165) is 24.2 Å². The van der Waals surface area contributed by atoms with Gasteiger partial charge in [0.25, 0.3) is 5.91 Å². The molecule has 1 heterocycles. The largest absolute Gasteiger partial charge is 0.492 e. The maximum Gasteiger partial charge on any atom is 0.325 e. The number of hydrogen-bond acceptors (Lipinski definition) is 4. The zero-order valence-electron chi connectivity index (χ0n) is 15.3. The van der Waals surface area contributed by atoms with Gasteiger partial charge in [-0.1, -0.05) is 31.4 Å². The normalized spacial score (nSPS) is 24.8. The van der Waals surface area contributed by atoms with Crippen LogP contribution in [0.5, 0.6) is 5.75 Å². The third kappa shape index (κ3) is 4.18. The number of carbonyl (C=O) groups is 3. The highest BCUT2D eigenvalue weighted by molar-refractivity contribution is 6.30. The monoisotopic (exact) mass is 393 g/mol. The van der Waals surface area contributed by atoms with Crippen molar-refractivity contribution >= 4 is 29.4 Å². The lowest BCUT2D eigenvalue weighted by molar-refractivity contribution is -0.137. The van der Waals surface area contributed by atoms with Crippen LogP contribution in [0.1, 0.15) is 32.6 Å². The summed E-state index contributed by atoms with van der Waals surface area (Å²) in [6.45, 7) is 2.25. The molecule has 2 N–H and O–H groups in total. The third-order valence-corrected chi connectivity index (χ3v) is 5.56. The second-order valence-corrected chi connectivity index (χ2v) is 7.53. The molecule has 4 amide bonds. The number of ether oxygens (including phenoxy) is 1. The molecule has 1 aromatic carbocycles. The fourth-order valence-corrected chi connectivity index (χ4v) is 3.85. The van der Waals surface area contributed by atoms with Gasteiger partial charge in [0.05, 0.1) is 6.54 Å². The molecule has 0 radical (unpaired) electrons. The predicted octanol–water partition coefficient (Wildman–Crippen LogP) is 2.34. The molecule has 2 fully saturated rings. The van der Waals surface area contributed by atoms with Crippen molar-refractivity contribution in [2.24, 2.45) is 5.92 Å². The van der Waals surface area contributed by atoms with Crippen LogP contribution in [0, 0.1) is 5.92 Å². The Morgan fingerprint density at radius 1 is 1.33 bits per heavy atom. The van der Waals surface area contributed by atoms with Crippen LogP contribution >= 0.6 is 11.6 Å². The van der Waals surface area contributed by atoms with Gasteiger partial charge in [0.1, 0.15) is 24.4 Å². The second-order valence-electron chi connectivity index (χ2n) is 7.09. The van der Waals surface area contributed by atoms with Crippen molar-refractivity contribution in [2.45, 2.75) is 38.1 Å². The van der Waals surface area contributed by atoms with Crippen LogP contribution in [0.3, 0.4) is 0 Å². The molecule has 1 aromatic rings. The first-order chi connectivity index (χ1) is 12.9. The number of hydrogen-bond donors (Lipinski definition) is 2. The summed E-state index contributed by atoms with van der Waals surface area (Å²) in [5.74, 6) is 0.0468. The smallest absolute Gasteiger partial charge is 0.325 e. The van der Waals surface area contributed by atoms with Gasteiger partial charge in [-0.25, -0.2) is 4.79 Å². The second kappa shape index (κ2) is 8.17. The molecular weight excluding hydrogens is 370 g/mol. The molecule has 146 valence electrons. The van der Waals surface area contributed by atoms with E-state index in [9.17, 15) is 14.4 Å². The van der Waals surface area contributed by atoms with Gasteiger partial charge in [-0.2, -0.15) is 0 Å². The molecule has 0 aromatic heterocycles. The zero-order chi connectivity index (χ0) is 19.4. The minimum atomic E-state index is -0.840. The predicted molar refractivity (Wildman–Crippen MR) is 101 cm³/mol. The first-order valence-electron chi connectivity index (χ1n) is 9.21. The summed E-state index contributed by atoms with van der Waals surface area (Å²) in [6.07, 6.45) is 3.48. The van der Waals surface area contributed by atoms with E-state index < -0.39 is 17.5 Å². The number of urea groups is 1. The number of benzene rings is 1. The van der Waals surface area contributed by atoms with Crippen molar-refractivity contribution < 1.29 is 19.1 Å². The number of nitrogens with one attached hydrogen (secondary N) is 2. The first kappa shape index (κ1) is 19.5. The minimum Gasteiger partial charge on any atom is -0.492 e. The summed E-state index contributed by atoms with van der Waals surface area (Å²) in [5, 5.41) is 6.13. The van der Waals surface area contributed by atoms with E-state index >= 15 is 0 Å². The molecule has 7 nitrogen and oxygen atoms in total.